The fourth-order valence-electron chi connectivity index (χ4n) is 4.46. The molecule has 1 aromatic carbocycles. The van der Waals surface area contributed by atoms with E-state index in [-0.39, 0.29) is 10.2 Å². The van der Waals surface area contributed by atoms with E-state index in [1.54, 1.807) is 30.3 Å². The number of hydrogen-bond acceptors (Lipinski definition) is 9. The van der Waals surface area contributed by atoms with Crippen molar-refractivity contribution in [1.29, 1.82) is 0 Å². The topological polar surface area (TPSA) is 126 Å². The quantitative estimate of drug-likeness (QED) is 0.176. The molecule has 180 valence electrons. The van der Waals surface area contributed by atoms with Crippen molar-refractivity contribution >= 4 is 51.2 Å². The number of halogens is 1. The second-order valence-electron chi connectivity index (χ2n) is 8.57. The van der Waals surface area contributed by atoms with Gasteiger partial charge in [-0.05, 0) is 34.3 Å². The molecule has 1 amide bonds. The zero-order valence-corrected chi connectivity index (χ0v) is 20.5. The highest BCUT2D eigenvalue weighted by molar-refractivity contribution is 9.12. The summed E-state index contributed by atoms with van der Waals surface area (Å²) in [6.45, 7) is 2.77. The van der Waals surface area contributed by atoms with Crippen LogP contribution in [0.2, 0.25) is 0 Å². The summed E-state index contributed by atoms with van der Waals surface area (Å²) in [5.74, 6) is -7.22. The highest BCUT2D eigenvalue weighted by atomic mass is 79.9. The second kappa shape index (κ2) is 8.02. The number of ketones is 1. The van der Waals surface area contributed by atoms with Gasteiger partial charge in [0.15, 0.2) is 5.78 Å². The number of amides is 1. The number of carbonyl (C=O) groups excluding carboxylic acids is 5. The van der Waals surface area contributed by atoms with Gasteiger partial charge >= 0.3 is 17.9 Å². The van der Waals surface area contributed by atoms with E-state index in [0.717, 1.165) is 19.1 Å². The molecule has 1 aromatic rings. The number of nitrogens with zero attached hydrogens (tertiary/aromatic N) is 1. The number of benzene rings is 1. The molecule has 1 spiro atoms. The molecule has 34 heavy (non-hydrogen) atoms. The summed E-state index contributed by atoms with van der Waals surface area (Å²) in [4.78, 5) is 67.7. The van der Waals surface area contributed by atoms with E-state index in [9.17, 15) is 24.0 Å². The lowest BCUT2D eigenvalue weighted by Gasteiger charge is -2.57. The second-order valence-corrected chi connectivity index (χ2v) is 9.37. The van der Waals surface area contributed by atoms with E-state index in [1.165, 1.54) is 13.8 Å². The Labute approximate surface area is 203 Å². The van der Waals surface area contributed by atoms with Gasteiger partial charge in [-0.15, -0.1) is 0 Å². The molecular formula is C23H22BrNO9. The molecule has 11 heteroatoms. The molecule has 10 nitrogen and oxygen atoms in total. The van der Waals surface area contributed by atoms with Crippen LogP contribution in [0, 0.1) is 5.92 Å². The minimum absolute atomic E-state index is 0.149. The van der Waals surface area contributed by atoms with Crippen molar-refractivity contribution in [1.82, 2.24) is 4.90 Å². The van der Waals surface area contributed by atoms with Crippen molar-refractivity contribution in [2.75, 3.05) is 14.2 Å². The molecule has 0 aromatic heterocycles. The Bertz CT molecular complexity index is 1140. The van der Waals surface area contributed by atoms with E-state index < -0.39 is 52.4 Å². The SMILES string of the molecule is COC(=O)/C(Br)=C(/c1ccccc1)N1C(=O)[C@]2(OC(C)(C)OC2=O)[C@]1(C(=O)OC)C(=O)C1CC1. The lowest BCUT2D eigenvalue weighted by molar-refractivity contribution is -0.236. The maximum absolute atomic E-state index is 13.8. The largest absolute Gasteiger partial charge is 0.467 e. The van der Waals surface area contributed by atoms with Crippen LogP contribution in [-0.2, 0) is 42.9 Å². The number of β-lactam (4-membered cyclic amide) rings is 1. The third kappa shape index (κ3) is 3.06. The van der Waals surface area contributed by atoms with Crippen LogP contribution in [0.25, 0.3) is 5.70 Å². The van der Waals surface area contributed by atoms with E-state index in [1.807, 2.05) is 0 Å². The Kier molecular flexibility index (Phi) is 5.68. The number of esters is 3. The smallest absolute Gasteiger partial charge is 0.354 e. The first-order valence-corrected chi connectivity index (χ1v) is 11.2. The lowest BCUT2D eigenvalue weighted by Crippen LogP contribution is -2.90. The molecule has 2 heterocycles. The van der Waals surface area contributed by atoms with Gasteiger partial charge in [0.05, 0.1) is 19.9 Å². The van der Waals surface area contributed by atoms with Gasteiger partial charge in [0, 0.05) is 19.8 Å². The van der Waals surface area contributed by atoms with E-state index in [4.69, 9.17) is 18.9 Å². The summed E-state index contributed by atoms with van der Waals surface area (Å²) in [7, 11) is 2.17. The Morgan fingerprint density at radius 2 is 1.68 bits per heavy atom. The van der Waals surface area contributed by atoms with Crippen LogP contribution in [0.4, 0.5) is 0 Å². The molecule has 0 N–H and O–H groups in total. The van der Waals surface area contributed by atoms with E-state index in [0.29, 0.717) is 18.4 Å². The number of Topliss-reactive ketones (excluding diaryl/α,β-unsaturated/α-hetero) is 1. The third-order valence-electron chi connectivity index (χ3n) is 6.00. The molecule has 3 aliphatic rings. The Balaban J connectivity index is 2.05. The minimum Gasteiger partial charge on any atom is -0.467 e. The highest BCUT2D eigenvalue weighted by Crippen LogP contribution is 2.58. The van der Waals surface area contributed by atoms with Crippen LogP contribution >= 0.6 is 15.9 Å². The first-order valence-electron chi connectivity index (χ1n) is 10.4. The van der Waals surface area contributed by atoms with Gasteiger partial charge in [0.2, 0.25) is 5.79 Å². The fraction of sp³-hybridized carbons (Fsp3) is 0.435. The zero-order chi connectivity index (χ0) is 25.1. The molecule has 0 bridgehead atoms. The highest BCUT2D eigenvalue weighted by Gasteiger charge is 2.89. The molecule has 0 radical (unpaired) electrons. The zero-order valence-electron chi connectivity index (χ0n) is 18.9. The molecule has 4 rings (SSSR count). The number of cyclic esters (lactones) is 1. The van der Waals surface area contributed by atoms with E-state index in [2.05, 4.69) is 15.9 Å². The van der Waals surface area contributed by atoms with Crippen molar-refractivity contribution in [2.45, 2.75) is 43.6 Å². The standard InChI is InChI=1S/C23H22BrNO9/c1-21(2)33-20(30)23(34-21)18(28)25(22(23,19(29)32-4)16(26)13-10-11-13)15(14(24)17(27)31-3)12-8-6-5-7-9-12/h5-9,13H,10-11H2,1-4H3/b15-14+/t22-,23-/m1/s1. The number of ether oxygens (including phenoxy) is 4. The van der Waals surface area contributed by atoms with E-state index >= 15 is 0 Å². The maximum Gasteiger partial charge on any atom is 0.354 e. The van der Waals surface area contributed by atoms with Crippen LogP contribution in [0.3, 0.4) is 0 Å². The molecule has 3 fully saturated rings. The Hall–Kier alpha value is -3.05. The molecule has 2 aliphatic heterocycles. The average Bonchev–Trinajstić information content (AvgIpc) is 3.62. The van der Waals surface area contributed by atoms with Gasteiger partial charge in [-0.2, -0.15) is 0 Å². The van der Waals surface area contributed by atoms with Crippen LogP contribution in [0.15, 0.2) is 34.8 Å². The summed E-state index contributed by atoms with van der Waals surface area (Å²) in [5, 5.41) is 0. The summed E-state index contributed by atoms with van der Waals surface area (Å²) in [6, 6.07) is 8.12. The number of hydrogen-bond donors (Lipinski definition) is 0. The van der Waals surface area contributed by atoms with Gasteiger partial charge in [0.1, 0.15) is 4.48 Å². The van der Waals surface area contributed by atoms with Crippen molar-refractivity contribution in [3.8, 4) is 0 Å². The van der Waals surface area contributed by atoms with Crippen molar-refractivity contribution in [3.05, 3.63) is 40.4 Å². The number of likely N-dealkylation sites (tertiary alicyclic amines) is 1. The van der Waals surface area contributed by atoms with Crippen LogP contribution < -0.4 is 0 Å². The summed E-state index contributed by atoms with van der Waals surface area (Å²) in [6.07, 6.45) is 0.910. The number of carbonyl (C=O) groups is 5. The van der Waals surface area contributed by atoms with Crippen LogP contribution in [-0.4, -0.2) is 65.6 Å². The monoisotopic (exact) mass is 535 g/mol. The van der Waals surface area contributed by atoms with Crippen molar-refractivity contribution in [3.63, 3.8) is 0 Å². The van der Waals surface area contributed by atoms with Gasteiger partial charge in [0.25, 0.3) is 17.0 Å². The predicted octanol–water partition coefficient (Wildman–Crippen LogP) is 1.70. The van der Waals surface area contributed by atoms with Crippen LogP contribution in [0.5, 0.6) is 0 Å². The first kappa shape index (κ1) is 24.1. The fourth-order valence-corrected chi connectivity index (χ4v) is 5.03. The minimum atomic E-state index is -2.60. The normalized spacial score (nSPS) is 28.1. The summed E-state index contributed by atoms with van der Waals surface area (Å²) in [5.41, 5.74) is -5.01. The third-order valence-corrected chi connectivity index (χ3v) is 6.70. The predicted molar refractivity (Wildman–Crippen MR) is 118 cm³/mol. The van der Waals surface area contributed by atoms with Crippen molar-refractivity contribution < 1.29 is 42.9 Å². The van der Waals surface area contributed by atoms with Gasteiger partial charge in [-0.1, -0.05) is 30.3 Å². The van der Waals surface area contributed by atoms with Crippen molar-refractivity contribution in [2.24, 2.45) is 5.92 Å². The van der Waals surface area contributed by atoms with Gasteiger partial charge in [-0.25, -0.2) is 14.4 Å². The van der Waals surface area contributed by atoms with Crippen LogP contribution in [0.1, 0.15) is 32.3 Å². The molecule has 2 saturated heterocycles. The molecule has 1 aliphatic carbocycles. The Morgan fingerprint density at radius 1 is 1.06 bits per heavy atom. The van der Waals surface area contributed by atoms with Gasteiger partial charge < -0.3 is 18.9 Å². The number of methoxy groups -OCH3 is 2. The first-order chi connectivity index (χ1) is 16.0. The van der Waals surface area contributed by atoms with Gasteiger partial charge in [-0.3, -0.25) is 14.5 Å². The molecular weight excluding hydrogens is 514 g/mol. The maximum atomic E-state index is 13.8. The summed E-state index contributed by atoms with van der Waals surface area (Å²) < 4.78 is 20.6. The average molecular weight is 536 g/mol. The molecule has 2 atom stereocenters. The molecule has 1 saturated carbocycles. The lowest BCUT2D eigenvalue weighted by atomic mass is 9.64. The summed E-state index contributed by atoms with van der Waals surface area (Å²) >= 11 is 3.16. The number of rotatable bonds is 6. The molecule has 0 unspecified atom stereocenters. The Morgan fingerprint density at radius 3 is 2.15 bits per heavy atom.